The molecule has 104 valence electrons. The van der Waals surface area contributed by atoms with Crippen molar-refractivity contribution in [1.82, 2.24) is 5.32 Å². The number of benzene rings is 1. The van der Waals surface area contributed by atoms with Gasteiger partial charge in [0.25, 0.3) is 5.91 Å². The molecule has 1 aromatic rings. The minimum Gasteiger partial charge on any atom is -0.481 e. The van der Waals surface area contributed by atoms with E-state index in [9.17, 15) is 9.59 Å². The summed E-state index contributed by atoms with van der Waals surface area (Å²) in [7, 11) is 1.48. The SMILES string of the molecule is COC(C(=O)NCCSCC(=O)O)c1ccccc1. The largest absolute Gasteiger partial charge is 0.481 e. The number of thioether (sulfide) groups is 1. The first-order valence-electron chi connectivity index (χ1n) is 5.80. The van der Waals surface area contributed by atoms with Gasteiger partial charge in [0.2, 0.25) is 0 Å². The molecular formula is C13H17NO4S. The molecular weight excluding hydrogens is 266 g/mol. The second-order valence-corrected chi connectivity index (χ2v) is 4.87. The highest BCUT2D eigenvalue weighted by Crippen LogP contribution is 2.15. The number of nitrogens with one attached hydrogen (secondary N) is 1. The lowest BCUT2D eigenvalue weighted by Crippen LogP contribution is -2.32. The Morgan fingerprint density at radius 3 is 2.63 bits per heavy atom. The Morgan fingerprint density at radius 1 is 1.37 bits per heavy atom. The third-order valence-electron chi connectivity index (χ3n) is 2.35. The van der Waals surface area contributed by atoms with Crippen molar-refractivity contribution in [1.29, 1.82) is 0 Å². The number of carbonyl (C=O) groups is 2. The molecule has 1 rings (SSSR count). The molecule has 0 aliphatic heterocycles. The van der Waals surface area contributed by atoms with Crippen LogP contribution in [0.3, 0.4) is 0 Å². The molecule has 1 amide bonds. The maximum Gasteiger partial charge on any atom is 0.313 e. The molecule has 0 aliphatic carbocycles. The van der Waals surface area contributed by atoms with Crippen LogP contribution in [0.15, 0.2) is 30.3 Å². The monoisotopic (exact) mass is 283 g/mol. The number of hydrogen-bond donors (Lipinski definition) is 2. The van der Waals surface area contributed by atoms with Crippen LogP contribution in [0.2, 0.25) is 0 Å². The summed E-state index contributed by atoms with van der Waals surface area (Å²) < 4.78 is 5.18. The lowest BCUT2D eigenvalue weighted by molar-refractivity contribution is -0.134. The van der Waals surface area contributed by atoms with Gasteiger partial charge in [-0.25, -0.2) is 0 Å². The summed E-state index contributed by atoms with van der Waals surface area (Å²) in [5, 5.41) is 11.2. The highest BCUT2D eigenvalue weighted by Gasteiger charge is 2.18. The lowest BCUT2D eigenvalue weighted by Gasteiger charge is -2.15. The molecule has 6 heteroatoms. The Bertz CT molecular complexity index is 410. The standard InChI is InChI=1S/C13H17NO4S/c1-18-12(10-5-3-2-4-6-10)13(17)14-7-8-19-9-11(15)16/h2-6,12H,7-9H2,1H3,(H,14,17)(H,15,16). The van der Waals surface area contributed by atoms with Crippen LogP contribution in [-0.4, -0.2) is 42.1 Å². The zero-order chi connectivity index (χ0) is 14.1. The zero-order valence-electron chi connectivity index (χ0n) is 10.7. The Morgan fingerprint density at radius 2 is 2.05 bits per heavy atom. The van der Waals surface area contributed by atoms with Crippen molar-refractivity contribution in [2.75, 3.05) is 25.2 Å². The average Bonchev–Trinajstić information content (AvgIpc) is 2.40. The maximum atomic E-state index is 11.9. The van der Waals surface area contributed by atoms with Crippen LogP contribution in [0, 0.1) is 0 Å². The number of carboxylic acids is 1. The van der Waals surface area contributed by atoms with E-state index in [1.165, 1.54) is 18.9 Å². The number of rotatable bonds is 8. The molecule has 1 aromatic carbocycles. The van der Waals surface area contributed by atoms with E-state index in [2.05, 4.69) is 5.32 Å². The van der Waals surface area contributed by atoms with Crippen LogP contribution in [-0.2, 0) is 14.3 Å². The first kappa shape index (κ1) is 15.5. The fourth-order valence-electron chi connectivity index (χ4n) is 1.52. The third-order valence-corrected chi connectivity index (χ3v) is 3.29. The molecule has 2 N–H and O–H groups in total. The minimum absolute atomic E-state index is 0.0439. The van der Waals surface area contributed by atoms with E-state index in [1.807, 2.05) is 30.3 Å². The normalized spacial score (nSPS) is 11.8. The summed E-state index contributed by atoms with van der Waals surface area (Å²) >= 11 is 1.26. The van der Waals surface area contributed by atoms with Gasteiger partial charge in [0.05, 0.1) is 5.75 Å². The number of carboxylic acid groups (broad SMARTS) is 1. The summed E-state index contributed by atoms with van der Waals surface area (Å²) in [6.45, 7) is 0.420. The van der Waals surface area contributed by atoms with Crippen molar-refractivity contribution in [2.24, 2.45) is 0 Å². The topological polar surface area (TPSA) is 75.6 Å². The molecule has 0 saturated carbocycles. The van der Waals surface area contributed by atoms with Gasteiger partial charge in [-0.15, -0.1) is 11.8 Å². The van der Waals surface area contributed by atoms with Gasteiger partial charge in [-0.3, -0.25) is 9.59 Å². The van der Waals surface area contributed by atoms with E-state index in [4.69, 9.17) is 9.84 Å². The van der Waals surface area contributed by atoms with Crippen LogP contribution in [0.1, 0.15) is 11.7 Å². The quantitative estimate of drug-likeness (QED) is 0.704. The first-order valence-corrected chi connectivity index (χ1v) is 6.95. The van der Waals surface area contributed by atoms with Gasteiger partial charge in [-0.1, -0.05) is 30.3 Å². The maximum absolute atomic E-state index is 11.9. The summed E-state index contributed by atoms with van der Waals surface area (Å²) in [5.74, 6) is -0.467. The van der Waals surface area contributed by atoms with Crippen molar-refractivity contribution in [2.45, 2.75) is 6.10 Å². The first-order chi connectivity index (χ1) is 9.15. The van der Waals surface area contributed by atoms with E-state index in [0.29, 0.717) is 12.3 Å². The predicted molar refractivity (Wildman–Crippen MR) is 74.2 cm³/mol. The fourth-order valence-corrected chi connectivity index (χ4v) is 2.09. The second-order valence-electron chi connectivity index (χ2n) is 3.76. The second kappa shape index (κ2) is 8.55. The van der Waals surface area contributed by atoms with Gasteiger partial charge in [0.15, 0.2) is 6.10 Å². The van der Waals surface area contributed by atoms with Crippen molar-refractivity contribution in [3.05, 3.63) is 35.9 Å². The average molecular weight is 283 g/mol. The van der Waals surface area contributed by atoms with E-state index < -0.39 is 12.1 Å². The molecule has 0 aliphatic rings. The highest BCUT2D eigenvalue weighted by molar-refractivity contribution is 7.99. The Labute approximate surface area is 116 Å². The molecule has 0 spiro atoms. The Hall–Kier alpha value is -1.53. The highest BCUT2D eigenvalue weighted by atomic mass is 32.2. The van der Waals surface area contributed by atoms with Crippen LogP contribution in [0.4, 0.5) is 0 Å². The molecule has 0 saturated heterocycles. The third kappa shape index (κ3) is 5.76. The summed E-state index contributed by atoms with van der Waals surface area (Å²) in [5.41, 5.74) is 0.792. The molecule has 5 nitrogen and oxygen atoms in total. The van der Waals surface area contributed by atoms with Crippen molar-refractivity contribution < 1.29 is 19.4 Å². The number of ether oxygens (including phenoxy) is 1. The molecule has 0 radical (unpaired) electrons. The van der Waals surface area contributed by atoms with E-state index in [-0.39, 0.29) is 11.7 Å². The van der Waals surface area contributed by atoms with Crippen LogP contribution in [0.25, 0.3) is 0 Å². The Kier molecular flexibility index (Phi) is 6.99. The summed E-state index contributed by atoms with van der Waals surface area (Å²) in [4.78, 5) is 22.2. The number of methoxy groups -OCH3 is 1. The number of amides is 1. The zero-order valence-corrected chi connectivity index (χ0v) is 11.5. The molecule has 0 heterocycles. The van der Waals surface area contributed by atoms with Gasteiger partial charge in [0.1, 0.15) is 0 Å². The number of aliphatic carboxylic acids is 1. The van der Waals surface area contributed by atoms with Gasteiger partial charge < -0.3 is 15.2 Å². The van der Waals surface area contributed by atoms with Crippen molar-refractivity contribution >= 4 is 23.6 Å². The molecule has 0 fully saturated rings. The smallest absolute Gasteiger partial charge is 0.313 e. The fraction of sp³-hybridized carbons (Fsp3) is 0.385. The van der Waals surface area contributed by atoms with Crippen molar-refractivity contribution in [3.63, 3.8) is 0 Å². The number of hydrogen-bond acceptors (Lipinski definition) is 4. The van der Waals surface area contributed by atoms with Gasteiger partial charge in [0, 0.05) is 19.4 Å². The lowest BCUT2D eigenvalue weighted by atomic mass is 10.1. The van der Waals surface area contributed by atoms with E-state index in [1.54, 1.807) is 0 Å². The van der Waals surface area contributed by atoms with E-state index in [0.717, 1.165) is 5.56 Å². The van der Waals surface area contributed by atoms with Crippen LogP contribution >= 0.6 is 11.8 Å². The molecule has 1 atom stereocenters. The molecule has 0 bridgehead atoms. The predicted octanol–water partition coefficient (Wildman–Crippen LogP) is 1.31. The van der Waals surface area contributed by atoms with Crippen molar-refractivity contribution in [3.8, 4) is 0 Å². The summed E-state index contributed by atoms with van der Waals surface area (Å²) in [6.07, 6.45) is -0.634. The van der Waals surface area contributed by atoms with Crippen LogP contribution in [0.5, 0.6) is 0 Å². The minimum atomic E-state index is -0.851. The molecule has 19 heavy (non-hydrogen) atoms. The Balaban J connectivity index is 2.37. The molecule has 1 unspecified atom stereocenters. The van der Waals surface area contributed by atoms with E-state index >= 15 is 0 Å². The van der Waals surface area contributed by atoms with Crippen LogP contribution < -0.4 is 5.32 Å². The summed E-state index contributed by atoms with van der Waals surface area (Å²) in [6, 6.07) is 9.21. The van der Waals surface area contributed by atoms with Gasteiger partial charge in [-0.05, 0) is 5.56 Å². The van der Waals surface area contributed by atoms with Gasteiger partial charge in [-0.2, -0.15) is 0 Å². The van der Waals surface area contributed by atoms with Gasteiger partial charge >= 0.3 is 5.97 Å². The molecule has 0 aromatic heterocycles. The number of carbonyl (C=O) groups excluding carboxylic acids is 1.